The Morgan fingerprint density at radius 3 is 2.21 bits per heavy atom. The van der Waals surface area contributed by atoms with E-state index in [0.717, 1.165) is 6.92 Å². The van der Waals surface area contributed by atoms with E-state index in [1.807, 2.05) is 0 Å². The lowest BCUT2D eigenvalue weighted by Gasteiger charge is -2.46. The summed E-state index contributed by atoms with van der Waals surface area (Å²) in [4.78, 5) is 36.4. The van der Waals surface area contributed by atoms with Gasteiger partial charge in [0.2, 0.25) is 5.91 Å². The molecular formula is C25H28Cl2N2O9. The minimum absolute atomic E-state index is 0.247. The number of halogens is 2. The molecule has 11 nitrogen and oxygen atoms in total. The minimum atomic E-state index is -2.42. The van der Waals surface area contributed by atoms with Crippen molar-refractivity contribution in [1.29, 1.82) is 0 Å². The Morgan fingerprint density at radius 2 is 1.66 bits per heavy atom. The van der Waals surface area contributed by atoms with Gasteiger partial charge in [0.25, 0.3) is 11.7 Å². The number of carboxylic acids is 1. The summed E-state index contributed by atoms with van der Waals surface area (Å²) in [5.74, 6) is -5.17. The summed E-state index contributed by atoms with van der Waals surface area (Å²) in [6.07, 6.45) is -7.30. The number of aliphatic hydroxyl groups is 3. The summed E-state index contributed by atoms with van der Waals surface area (Å²) in [6, 6.07) is 11.0. The number of nitrogens with one attached hydrogen (secondary N) is 2. The Morgan fingerprint density at radius 1 is 1.08 bits per heavy atom. The lowest BCUT2D eigenvalue weighted by atomic mass is 9.88. The Kier molecular flexibility index (Phi) is 10.1. The van der Waals surface area contributed by atoms with Crippen molar-refractivity contribution in [2.24, 2.45) is 0 Å². The zero-order chi connectivity index (χ0) is 28.0. The first-order valence-corrected chi connectivity index (χ1v) is 12.3. The molecule has 3 rings (SSSR count). The normalized spacial score (nSPS) is 24.7. The number of carbonyl (C=O) groups is 3. The fourth-order valence-corrected chi connectivity index (χ4v) is 4.22. The van der Waals surface area contributed by atoms with Crippen molar-refractivity contribution in [3.05, 3.63) is 69.7 Å². The molecule has 38 heavy (non-hydrogen) atoms. The van der Waals surface area contributed by atoms with E-state index in [-0.39, 0.29) is 12.2 Å². The predicted octanol–water partition coefficient (Wildman–Crippen LogP) is 1.10. The lowest BCUT2D eigenvalue weighted by Crippen LogP contribution is -2.68. The molecule has 1 fully saturated rings. The molecule has 0 unspecified atom stereocenters. The van der Waals surface area contributed by atoms with Crippen LogP contribution in [0.1, 0.15) is 29.3 Å². The molecule has 0 aliphatic carbocycles. The zero-order valence-corrected chi connectivity index (χ0v) is 21.7. The second-order valence-corrected chi connectivity index (χ2v) is 9.70. The third-order valence-electron chi connectivity index (χ3n) is 5.96. The molecule has 2 amide bonds. The smallest absolute Gasteiger partial charge is 0.364 e. The lowest BCUT2D eigenvalue weighted by molar-refractivity contribution is -0.314. The monoisotopic (exact) mass is 570 g/mol. The van der Waals surface area contributed by atoms with Crippen LogP contribution in [-0.2, 0) is 25.7 Å². The molecule has 2 aromatic carbocycles. The van der Waals surface area contributed by atoms with Crippen molar-refractivity contribution in [3.63, 3.8) is 0 Å². The maximum absolute atomic E-state index is 12.4. The fourth-order valence-electron chi connectivity index (χ4n) is 3.97. The third-order valence-corrected chi connectivity index (χ3v) is 6.47. The minimum Gasteiger partial charge on any atom is -0.477 e. The molecule has 13 heteroatoms. The highest BCUT2D eigenvalue weighted by Gasteiger charge is 2.55. The molecule has 2 aromatic rings. The van der Waals surface area contributed by atoms with Gasteiger partial charge in [-0.25, -0.2) is 4.79 Å². The Hall–Kier alpha value is -2.77. The first-order valence-electron chi connectivity index (χ1n) is 11.6. The van der Waals surface area contributed by atoms with Gasteiger partial charge < -0.3 is 40.5 Å². The molecule has 1 aliphatic heterocycles. The van der Waals surface area contributed by atoms with Crippen LogP contribution >= 0.6 is 23.2 Å². The molecular weight excluding hydrogens is 543 g/mol. The number of ether oxygens (including phenoxy) is 2. The van der Waals surface area contributed by atoms with Gasteiger partial charge in [-0.15, -0.1) is 0 Å². The number of rotatable bonds is 10. The van der Waals surface area contributed by atoms with Crippen LogP contribution in [0.4, 0.5) is 0 Å². The predicted molar refractivity (Wildman–Crippen MR) is 136 cm³/mol. The molecule has 0 spiro atoms. The van der Waals surface area contributed by atoms with Crippen LogP contribution in [0.25, 0.3) is 0 Å². The van der Waals surface area contributed by atoms with Gasteiger partial charge in [-0.2, -0.15) is 0 Å². The molecule has 6 N–H and O–H groups in total. The third kappa shape index (κ3) is 7.41. The van der Waals surface area contributed by atoms with Crippen LogP contribution in [0, 0.1) is 0 Å². The largest absolute Gasteiger partial charge is 0.477 e. The van der Waals surface area contributed by atoms with Crippen molar-refractivity contribution in [2.45, 2.75) is 56.2 Å². The van der Waals surface area contributed by atoms with E-state index >= 15 is 0 Å². The average molecular weight is 571 g/mol. The SMILES string of the molecule is CC(=O)N[C@H]1[C@H]([C@H](O)[C@H](O)CNC(=O)c2ccc(Cl)cc2)O[C@](OCc2ccc(Cl)cc2)(C(=O)O)C[C@@H]1O. The number of hydrogen-bond donors (Lipinski definition) is 6. The number of carboxylic acid groups (broad SMARTS) is 1. The van der Waals surface area contributed by atoms with E-state index in [2.05, 4.69) is 10.6 Å². The second-order valence-electron chi connectivity index (χ2n) is 8.83. The summed E-state index contributed by atoms with van der Waals surface area (Å²) in [5.41, 5.74) is 0.802. The number of carbonyl (C=O) groups excluding carboxylic acids is 2. The van der Waals surface area contributed by atoms with Crippen molar-refractivity contribution >= 4 is 41.0 Å². The summed E-state index contributed by atoms with van der Waals surface area (Å²) >= 11 is 11.7. The molecule has 0 bridgehead atoms. The number of amides is 2. The van der Waals surface area contributed by atoms with Crippen molar-refractivity contribution < 1.29 is 44.3 Å². The van der Waals surface area contributed by atoms with Crippen LogP contribution in [0.3, 0.4) is 0 Å². The van der Waals surface area contributed by atoms with E-state index in [0.29, 0.717) is 15.6 Å². The van der Waals surface area contributed by atoms with Crippen LogP contribution in [-0.4, -0.2) is 81.0 Å². The topological polar surface area (TPSA) is 175 Å². The Bertz CT molecular complexity index is 1130. The molecule has 6 atom stereocenters. The van der Waals surface area contributed by atoms with Gasteiger partial charge in [-0.05, 0) is 42.0 Å². The molecule has 1 aliphatic rings. The number of aliphatic hydroxyl groups excluding tert-OH is 3. The average Bonchev–Trinajstić information content (AvgIpc) is 2.87. The molecule has 206 valence electrons. The van der Waals surface area contributed by atoms with Crippen LogP contribution in [0.15, 0.2) is 48.5 Å². The van der Waals surface area contributed by atoms with E-state index < -0.39 is 67.0 Å². The van der Waals surface area contributed by atoms with Gasteiger partial charge in [0.1, 0.15) is 12.2 Å². The van der Waals surface area contributed by atoms with E-state index in [1.165, 1.54) is 24.3 Å². The van der Waals surface area contributed by atoms with E-state index in [1.54, 1.807) is 24.3 Å². The van der Waals surface area contributed by atoms with Gasteiger partial charge in [0.15, 0.2) is 0 Å². The highest BCUT2D eigenvalue weighted by Crippen LogP contribution is 2.34. The van der Waals surface area contributed by atoms with Gasteiger partial charge in [0, 0.05) is 35.5 Å². The first kappa shape index (κ1) is 29.8. The van der Waals surface area contributed by atoms with Crippen molar-refractivity contribution in [2.75, 3.05) is 6.54 Å². The van der Waals surface area contributed by atoms with E-state index in [9.17, 15) is 34.8 Å². The van der Waals surface area contributed by atoms with Crippen molar-refractivity contribution in [1.82, 2.24) is 10.6 Å². The molecule has 1 heterocycles. The molecule has 0 saturated carbocycles. The fraction of sp³-hybridized carbons (Fsp3) is 0.400. The number of aliphatic carboxylic acids is 1. The summed E-state index contributed by atoms with van der Waals surface area (Å²) in [7, 11) is 0. The highest BCUT2D eigenvalue weighted by molar-refractivity contribution is 6.30. The summed E-state index contributed by atoms with van der Waals surface area (Å²) in [6.45, 7) is 0.454. The van der Waals surface area contributed by atoms with Gasteiger partial charge in [-0.1, -0.05) is 35.3 Å². The molecule has 0 aromatic heterocycles. The van der Waals surface area contributed by atoms with Gasteiger partial charge in [-0.3, -0.25) is 9.59 Å². The molecule has 1 saturated heterocycles. The quantitative estimate of drug-likeness (QED) is 0.244. The van der Waals surface area contributed by atoms with Gasteiger partial charge in [0.05, 0.1) is 24.9 Å². The Balaban J connectivity index is 1.78. The number of hydrogen-bond acceptors (Lipinski definition) is 8. The van der Waals surface area contributed by atoms with Crippen LogP contribution in [0.5, 0.6) is 0 Å². The second kappa shape index (κ2) is 12.9. The zero-order valence-electron chi connectivity index (χ0n) is 20.2. The molecule has 0 radical (unpaired) electrons. The summed E-state index contributed by atoms with van der Waals surface area (Å²) in [5, 5.41) is 48.1. The maximum Gasteiger partial charge on any atom is 0.364 e. The van der Waals surface area contributed by atoms with Crippen molar-refractivity contribution in [3.8, 4) is 0 Å². The highest BCUT2D eigenvalue weighted by atomic mass is 35.5. The van der Waals surface area contributed by atoms with Crippen LogP contribution in [0.2, 0.25) is 10.0 Å². The first-order chi connectivity index (χ1) is 17.9. The standard InChI is InChI=1S/C25H28Cl2N2O9/c1-13(30)29-20-18(31)10-25(24(35)36,37-12-14-2-6-16(26)7-3-14)38-22(20)21(33)19(32)11-28-23(34)15-4-8-17(27)9-5-15/h2-9,18-22,31-33H,10-12H2,1H3,(H,28,34)(H,29,30)(H,35,36)/t18-,19+,20+,21+,22+,25-/m0/s1. The summed E-state index contributed by atoms with van der Waals surface area (Å²) < 4.78 is 11.3. The van der Waals surface area contributed by atoms with E-state index in [4.69, 9.17) is 32.7 Å². The number of benzene rings is 2. The van der Waals surface area contributed by atoms with Crippen LogP contribution < -0.4 is 10.6 Å². The Labute approximate surface area is 228 Å². The maximum atomic E-state index is 12.4. The van der Waals surface area contributed by atoms with Gasteiger partial charge >= 0.3 is 5.97 Å².